The van der Waals surface area contributed by atoms with Crippen LogP contribution in [-0.4, -0.2) is 23.7 Å². The van der Waals surface area contributed by atoms with E-state index in [-0.39, 0.29) is 0 Å². The van der Waals surface area contributed by atoms with Crippen molar-refractivity contribution < 1.29 is 0 Å². The Morgan fingerprint density at radius 1 is 0.322 bits per heavy atom. The molecule has 9 aromatic carbocycles. The van der Waals surface area contributed by atoms with Crippen molar-refractivity contribution in [1.82, 2.24) is 23.7 Å². The van der Waals surface area contributed by atoms with E-state index in [2.05, 4.69) is 202 Å². The van der Waals surface area contributed by atoms with Crippen molar-refractivity contribution in [3.8, 4) is 22.8 Å². The highest BCUT2D eigenvalue weighted by Gasteiger charge is 2.26. The van der Waals surface area contributed by atoms with Crippen molar-refractivity contribution in [1.29, 1.82) is 0 Å². The van der Waals surface area contributed by atoms with E-state index in [0.29, 0.717) is 0 Å². The predicted octanol–water partition coefficient (Wildman–Crippen LogP) is 13.8. The fourth-order valence-corrected chi connectivity index (χ4v) is 10.4. The monoisotopic (exact) mass is 749 g/mol. The second kappa shape index (κ2) is 11.3. The predicted molar refractivity (Wildman–Crippen MR) is 246 cm³/mol. The molecule has 5 aromatic heterocycles. The molecule has 14 aromatic rings. The van der Waals surface area contributed by atoms with Crippen LogP contribution in [0.1, 0.15) is 0 Å². The average Bonchev–Trinajstić information content (AvgIpc) is 4.02. The number of hydrogen-bond donors (Lipinski definition) is 0. The van der Waals surface area contributed by atoms with E-state index in [4.69, 9.17) is 10.2 Å². The molecule has 0 saturated heterocycles. The summed E-state index contributed by atoms with van der Waals surface area (Å²) in [6.07, 6.45) is 0. The van der Waals surface area contributed by atoms with Crippen LogP contribution in [0.3, 0.4) is 0 Å². The number of para-hydroxylation sites is 4. The van der Waals surface area contributed by atoms with Crippen LogP contribution >= 0.6 is 0 Å². The summed E-state index contributed by atoms with van der Waals surface area (Å²) in [5, 5.41) is 24.8. The molecule has 5 nitrogen and oxygen atoms in total. The van der Waals surface area contributed by atoms with Crippen LogP contribution in [0.5, 0.6) is 0 Å². The number of fused-ring (bicyclic) bond motifs is 15. The Labute approximate surface area is 336 Å². The van der Waals surface area contributed by atoms with Crippen LogP contribution in [-0.2, 0) is 0 Å². The molecule has 272 valence electrons. The molecule has 5 heteroatoms. The zero-order chi connectivity index (χ0) is 38.3. The number of benzene rings is 9. The largest absolute Gasteiger partial charge is 0.309 e. The summed E-state index contributed by atoms with van der Waals surface area (Å²) in [4.78, 5) is 0. The van der Waals surface area contributed by atoms with Crippen molar-refractivity contribution in [2.24, 2.45) is 0 Å². The van der Waals surface area contributed by atoms with Gasteiger partial charge in [-0.05, 0) is 65.4 Å². The first-order chi connectivity index (χ1) is 29.3. The van der Waals surface area contributed by atoms with Gasteiger partial charge in [0.2, 0.25) is 0 Å². The Balaban J connectivity index is 1.11. The molecule has 0 fully saturated rings. The number of nitrogens with zero attached hydrogens (tertiary/aromatic N) is 5. The maximum absolute atomic E-state index is 5.28. The average molecular weight is 750 g/mol. The van der Waals surface area contributed by atoms with Gasteiger partial charge >= 0.3 is 0 Å². The minimum Gasteiger partial charge on any atom is -0.309 e. The normalized spacial score (nSPS) is 12.4. The molecular weight excluding hydrogens is 719 g/mol. The van der Waals surface area contributed by atoms with Gasteiger partial charge in [-0.1, -0.05) is 133 Å². The zero-order valence-corrected chi connectivity index (χ0v) is 31.6. The molecule has 0 saturated carbocycles. The molecule has 0 radical (unpaired) electrons. The smallest absolute Gasteiger partial charge is 0.168 e. The lowest BCUT2D eigenvalue weighted by Crippen LogP contribution is -2.03. The van der Waals surface area contributed by atoms with Gasteiger partial charge in [0.25, 0.3) is 0 Å². The van der Waals surface area contributed by atoms with E-state index in [9.17, 15) is 0 Å². The lowest BCUT2D eigenvalue weighted by molar-refractivity contribution is 0.978. The molecule has 0 amide bonds. The van der Waals surface area contributed by atoms with Crippen LogP contribution in [0.2, 0.25) is 0 Å². The number of aromatic nitrogens is 5. The fourth-order valence-electron chi connectivity index (χ4n) is 10.4. The molecule has 0 spiro atoms. The molecule has 14 rings (SSSR count). The van der Waals surface area contributed by atoms with Crippen LogP contribution in [0.25, 0.3) is 126 Å². The van der Waals surface area contributed by atoms with Crippen LogP contribution in [0.15, 0.2) is 188 Å². The second-order valence-corrected chi connectivity index (χ2v) is 15.8. The van der Waals surface area contributed by atoms with Gasteiger partial charge in [0, 0.05) is 65.1 Å². The van der Waals surface area contributed by atoms with Crippen molar-refractivity contribution in [3.63, 3.8) is 0 Å². The van der Waals surface area contributed by atoms with Crippen LogP contribution < -0.4 is 0 Å². The maximum atomic E-state index is 5.28. The summed E-state index contributed by atoms with van der Waals surface area (Å²) in [6, 6.07) is 68.2. The Hall–Kier alpha value is -8.02. The van der Waals surface area contributed by atoms with Crippen LogP contribution in [0.4, 0.5) is 0 Å². The summed E-state index contributed by atoms with van der Waals surface area (Å²) in [5.41, 5.74) is 11.3. The van der Waals surface area contributed by atoms with Crippen molar-refractivity contribution in [2.75, 3.05) is 0 Å². The van der Waals surface area contributed by atoms with Crippen molar-refractivity contribution >= 4 is 103 Å². The van der Waals surface area contributed by atoms with E-state index in [1.807, 2.05) is 0 Å². The zero-order valence-electron chi connectivity index (χ0n) is 31.6. The molecule has 59 heavy (non-hydrogen) atoms. The Morgan fingerprint density at radius 3 is 1.69 bits per heavy atom. The van der Waals surface area contributed by atoms with Crippen molar-refractivity contribution in [3.05, 3.63) is 188 Å². The molecule has 0 N–H and O–H groups in total. The highest BCUT2D eigenvalue weighted by molar-refractivity contribution is 6.34. The third kappa shape index (κ3) is 4.03. The van der Waals surface area contributed by atoms with Gasteiger partial charge in [-0.3, -0.25) is 4.57 Å². The van der Waals surface area contributed by atoms with Gasteiger partial charge in [-0.2, -0.15) is 0 Å². The first-order valence-electron chi connectivity index (χ1n) is 20.2. The first kappa shape index (κ1) is 31.1. The van der Waals surface area contributed by atoms with E-state index in [1.54, 1.807) is 0 Å². The van der Waals surface area contributed by atoms with Gasteiger partial charge < -0.3 is 8.97 Å². The molecule has 0 atom stereocenters. The topological polar surface area (TPSA) is 40.0 Å². The highest BCUT2D eigenvalue weighted by atomic mass is 15.2. The second-order valence-electron chi connectivity index (χ2n) is 15.8. The summed E-state index contributed by atoms with van der Waals surface area (Å²) in [6.45, 7) is 0. The molecule has 0 aliphatic rings. The third-order valence-electron chi connectivity index (χ3n) is 12.8. The lowest BCUT2D eigenvalue weighted by atomic mass is 10.0. The Morgan fingerprint density at radius 2 is 0.898 bits per heavy atom. The molecular formula is C54H31N5. The van der Waals surface area contributed by atoms with Crippen LogP contribution in [0, 0.1) is 0 Å². The van der Waals surface area contributed by atoms with Gasteiger partial charge in [-0.25, -0.2) is 0 Å². The molecule has 0 aliphatic carbocycles. The minimum atomic E-state index is 0.821. The highest BCUT2D eigenvalue weighted by Crippen LogP contribution is 2.47. The quantitative estimate of drug-likeness (QED) is 0.180. The standard InChI is InChI=1S/C54H31N5/c1-2-16-35(17-3-1)57-45-23-11-8-18-36(45)38-27-26-34(30-48(38)57)51-39-20-6-7-21-40(39)54(56-55-51)59-49-29-33-15-5-4-14-32(33)28-42(49)44-31-43-37-19-9-12-24-46(37)58-47-25-13-10-22-41(47)50(52(43)58)53(44)59/h1-31H. The summed E-state index contributed by atoms with van der Waals surface area (Å²) < 4.78 is 7.23. The maximum Gasteiger partial charge on any atom is 0.168 e. The fraction of sp³-hybridized carbons (Fsp3) is 0. The minimum absolute atomic E-state index is 0.821. The molecule has 0 unspecified atom stereocenters. The van der Waals surface area contributed by atoms with E-state index < -0.39 is 0 Å². The Kier molecular flexibility index (Phi) is 5.96. The number of hydrogen-bond acceptors (Lipinski definition) is 2. The van der Waals surface area contributed by atoms with E-state index in [1.165, 1.54) is 75.9 Å². The van der Waals surface area contributed by atoms with E-state index in [0.717, 1.165) is 50.1 Å². The summed E-state index contributed by atoms with van der Waals surface area (Å²) in [5.74, 6) is 0.821. The Bertz CT molecular complexity index is 4070. The molecule has 5 heterocycles. The summed E-state index contributed by atoms with van der Waals surface area (Å²) >= 11 is 0. The third-order valence-corrected chi connectivity index (χ3v) is 12.8. The number of rotatable bonds is 3. The van der Waals surface area contributed by atoms with Gasteiger partial charge in [0.05, 0.1) is 38.6 Å². The molecule has 0 bridgehead atoms. The van der Waals surface area contributed by atoms with Crippen molar-refractivity contribution in [2.45, 2.75) is 0 Å². The summed E-state index contributed by atoms with van der Waals surface area (Å²) in [7, 11) is 0. The lowest BCUT2D eigenvalue weighted by Gasteiger charge is -2.14. The molecule has 0 aliphatic heterocycles. The van der Waals surface area contributed by atoms with Gasteiger partial charge in [0.1, 0.15) is 5.69 Å². The van der Waals surface area contributed by atoms with Gasteiger partial charge in [-0.15, -0.1) is 10.2 Å². The van der Waals surface area contributed by atoms with E-state index >= 15 is 0 Å². The van der Waals surface area contributed by atoms with Gasteiger partial charge in [0.15, 0.2) is 5.82 Å². The SMILES string of the molecule is c1ccc(-n2c3ccccc3c3ccc(-c4nnc(-n5c6cc7ccccc7cc6c6cc7c8ccccc8n8c9ccccc9c(c65)c78)c5ccccc45)cc32)cc1. The first-order valence-corrected chi connectivity index (χ1v) is 20.2.